The van der Waals surface area contributed by atoms with Crippen LogP contribution < -0.4 is 0 Å². The van der Waals surface area contributed by atoms with Crippen LogP contribution in [0.1, 0.15) is 44.2 Å². The summed E-state index contributed by atoms with van der Waals surface area (Å²) < 4.78 is 0. The Bertz CT molecular complexity index is 390. The summed E-state index contributed by atoms with van der Waals surface area (Å²) in [5.74, 6) is 0. The molecule has 0 aromatic heterocycles. The van der Waals surface area contributed by atoms with Gasteiger partial charge in [0.2, 0.25) is 0 Å². The van der Waals surface area contributed by atoms with Crippen molar-refractivity contribution >= 4 is 0 Å². The molecular weight excluding hydrogens is 232 g/mol. The molecule has 0 aliphatic carbocycles. The number of rotatable bonds is 2. The topological polar surface area (TPSA) is 6.48 Å². The molecule has 0 spiro atoms. The van der Waals surface area contributed by atoms with Gasteiger partial charge in [0.15, 0.2) is 0 Å². The lowest BCUT2D eigenvalue weighted by atomic mass is 10.0. The first-order valence-electron chi connectivity index (χ1n) is 7.87. The lowest BCUT2D eigenvalue weighted by molar-refractivity contribution is 0.123. The van der Waals surface area contributed by atoms with E-state index in [0.29, 0.717) is 6.04 Å². The molecule has 0 N–H and O–H groups in total. The van der Waals surface area contributed by atoms with Gasteiger partial charge in [0.1, 0.15) is 0 Å². The van der Waals surface area contributed by atoms with Gasteiger partial charge in [-0.05, 0) is 44.8 Å². The maximum atomic E-state index is 2.74. The van der Waals surface area contributed by atoms with E-state index in [1.165, 1.54) is 57.4 Å². The summed E-state index contributed by atoms with van der Waals surface area (Å²) in [6.07, 6.45) is 5.56. The monoisotopic (exact) mass is 258 g/mol. The van der Waals surface area contributed by atoms with Crippen molar-refractivity contribution in [3.05, 3.63) is 35.9 Å². The molecular formula is C17H26N2. The molecule has 0 radical (unpaired) electrons. The molecule has 19 heavy (non-hydrogen) atoms. The zero-order valence-electron chi connectivity index (χ0n) is 12.1. The molecule has 2 heteroatoms. The Morgan fingerprint density at radius 1 is 1.00 bits per heavy atom. The van der Waals surface area contributed by atoms with E-state index in [0.717, 1.165) is 6.04 Å². The fourth-order valence-corrected chi connectivity index (χ4v) is 3.69. The third kappa shape index (κ3) is 3.01. The normalized spacial score (nSPS) is 27.5. The zero-order valence-corrected chi connectivity index (χ0v) is 12.1. The number of hydrogen-bond donors (Lipinski definition) is 0. The fourth-order valence-electron chi connectivity index (χ4n) is 3.69. The molecule has 2 saturated heterocycles. The number of benzene rings is 1. The average Bonchev–Trinajstić information content (AvgIpc) is 2.69. The van der Waals surface area contributed by atoms with E-state index in [1.54, 1.807) is 0 Å². The lowest BCUT2D eigenvalue weighted by Crippen LogP contribution is -2.44. The molecule has 0 amide bonds. The summed E-state index contributed by atoms with van der Waals surface area (Å²) in [6.45, 7) is 7.52. The second-order valence-electron chi connectivity index (χ2n) is 6.12. The second-order valence-corrected chi connectivity index (χ2v) is 6.12. The Hall–Kier alpha value is -0.860. The summed E-state index contributed by atoms with van der Waals surface area (Å²) in [6, 6.07) is 12.3. The Morgan fingerprint density at radius 2 is 1.79 bits per heavy atom. The van der Waals surface area contributed by atoms with Gasteiger partial charge in [0, 0.05) is 25.2 Å². The van der Waals surface area contributed by atoms with Crippen molar-refractivity contribution in [2.24, 2.45) is 0 Å². The van der Waals surface area contributed by atoms with Gasteiger partial charge in [-0.2, -0.15) is 0 Å². The first-order valence-corrected chi connectivity index (χ1v) is 7.87. The molecule has 1 aromatic carbocycles. The van der Waals surface area contributed by atoms with Gasteiger partial charge in [-0.1, -0.05) is 36.8 Å². The summed E-state index contributed by atoms with van der Waals surface area (Å²) >= 11 is 0. The molecule has 0 saturated carbocycles. The molecule has 3 rings (SSSR count). The van der Waals surface area contributed by atoms with Gasteiger partial charge in [-0.25, -0.2) is 0 Å². The fraction of sp³-hybridized carbons (Fsp3) is 0.647. The maximum absolute atomic E-state index is 2.74. The van der Waals surface area contributed by atoms with E-state index in [-0.39, 0.29) is 0 Å². The molecule has 2 atom stereocenters. The van der Waals surface area contributed by atoms with Crippen LogP contribution >= 0.6 is 0 Å². The maximum Gasteiger partial charge on any atom is 0.0320 e. The zero-order chi connectivity index (χ0) is 13.1. The highest BCUT2D eigenvalue weighted by Crippen LogP contribution is 2.26. The van der Waals surface area contributed by atoms with Crippen molar-refractivity contribution < 1.29 is 0 Å². The number of piperidine rings is 1. The quantitative estimate of drug-likeness (QED) is 0.803. The molecule has 2 heterocycles. The second kappa shape index (κ2) is 6.06. The first kappa shape index (κ1) is 13.1. The van der Waals surface area contributed by atoms with Crippen molar-refractivity contribution in [2.75, 3.05) is 26.2 Å². The standard InChI is InChI=1S/C17H26N2/c1-15(16-8-3-2-4-9-16)19-13-7-12-18-11-6-5-10-17(18)14-19/h2-4,8-9,15,17H,5-7,10-14H2,1H3. The van der Waals surface area contributed by atoms with Crippen molar-refractivity contribution in [3.8, 4) is 0 Å². The van der Waals surface area contributed by atoms with Crippen LogP contribution in [-0.2, 0) is 0 Å². The van der Waals surface area contributed by atoms with E-state index in [2.05, 4.69) is 47.1 Å². The van der Waals surface area contributed by atoms with Gasteiger partial charge in [0.25, 0.3) is 0 Å². The molecule has 1 aromatic rings. The van der Waals surface area contributed by atoms with E-state index in [4.69, 9.17) is 0 Å². The van der Waals surface area contributed by atoms with Crippen molar-refractivity contribution in [1.82, 2.24) is 9.80 Å². The van der Waals surface area contributed by atoms with Crippen LogP contribution in [0.15, 0.2) is 30.3 Å². The Labute approximate surface area is 117 Å². The molecule has 2 unspecified atom stereocenters. The van der Waals surface area contributed by atoms with Crippen LogP contribution in [0.2, 0.25) is 0 Å². The van der Waals surface area contributed by atoms with E-state index >= 15 is 0 Å². The van der Waals surface area contributed by atoms with Crippen LogP contribution in [0.5, 0.6) is 0 Å². The first-order chi connectivity index (χ1) is 9.34. The molecule has 2 fully saturated rings. The van der Waals surface area contributed by atoms with Crippen molar-refractivity contribution in [1.29, 1.82) is 0 Å². The van der Waals surface area contributed by atoms with E-state index in [9.17, 15) is 0 Å². The Morgan fingerprint density at radius 3 is 2.63 bits per heavy atom. The van der Waals surface area contributed by atoms with E-state index in [1.807, 2.05) is 0 Å². The van der Waals surface area contributed by atoms with Gasteiger partial charge in [-0.15, -0.1) is 0 Å². The van der Waals surface area contributed by atoms with Gasteiger partial charge < -0.3 is 0 Å². The molecule has 2 aliphatic heterocycles. The lowest BCUT2D eigenvalue weighted by Gasteiger charge is -2.37. The van der Waals surface area contributed by atoms with Gasteiger partial charge in [-0.3, -0.25) is 9.80 Å². The highest BCUT2D eigenvalue weighted by molar-refractivity contribution is 5.18. The van der Waals surface area contributed by atoms with E-state index < -0.39 is 0 Å². The van der Waals surface area contributed by atoms with Gasteiger partial charge >= 0.3 is 0 Å². The minimum Gasteiger partial charge on any atom is -0.299 e. The largest absolute Gasteiger partial charge is 0.299 e. The molecule has 0 bridgehead atoms. The number of nitrogens with zero attached hydrogens (tertiary/aromatic N) is 2. The molecule has 2 nitrogen and oxygen atoms in total. The summed E-state index contributed by atoms with van der Waals surface area (Å²) in [7, 11) is 0. The Kier molecular flexibility index (Phi) is 4.19. The third-order valence-corrected chi connectivity index (χ3v) is 4.91. The third-order valence-electron chi connectivity index (χ3n) is 4.91. The summed E-state index contributed by atoms with van der Waals surface area (Å²) in [5.41, 5.74) is 1.46. The minimum atomic E-state index is 0.558. The minimum absolute atomic E-state index is 0.558. The highest BCUT2D eigenvalue weighted by atomic mass is 15.3. The highest BCUT2D eigenvalue weighted by Gasteiger charge is 2.29. The molecule has 2 aliphatic rings. The number of hydrogen-bond acceptors (Lipinski definition) is 2. The van der Waals surface area contributed by atoms with Crippen LogP contribution in [0.3, 0.4) is 0 Å². The van der Waals surface area contributed by atoms with Crippen molar-refractivity contribution in [3.63, 3.8) is 0 Å². The Balaban J connectivity index is 1.70. The van der Waals surface area contributed by atoms with Crippen LogP contribution in [0.4, 0.5) is 0 Å². The van der Waals surface area contributed by atoms with Crippen LogP contribution in [0.25, 0.3) is 0 Å². The van der Waals surface area contributed by atoms with Crippen molar-refractivity contribution in [2.45, 2.75) is 44.7 Å². The van der Waals surface area contributed by atoms with Crippen LogP contribution in [0, 0.1) is 0 Å². The predicted molar refractivity (Wildman–Crippen MR) is 80.3 cm³/mol. The summed E-state index contributed by atoms with van der Waals surface area (Å²) in [5, 5.41) is 0. The average molecular weight is 258 g/mol. The SMILES string of the molecule is CC(c1ccccc1)N1CCCN2CCCCC2C1. The number of fused-ring (bicyclic) bond motifs is 1. The van der Waals surface area contributed by atoms with Gasteiger partial charge in [0.05, 0.1) is 0 Å². The predicted octanol–water partition coefficient (Wildman–Crippen LogP) is 3.31. The molecule has 104 valence electrons. The smallest absolute Gasteiger partial charge is 0.0320 e. The summed E-state index contributed by atoms with van der Waals surface area (Å²) in [4.78, 5) is 5.44. The van der Waals surface area contributed by atoms with Crippen LogP contribution in [-0.4, -0.2) is 42.0 Å².